The molecule has 0 aliphatic heterocycles. The minimum atomic E-state index is -1.05. The number of nitrogens with zero attached hydrogens (tertiary/aromatic N) is 1. The molecule has 2 rings (SSSR count). The van der Waals surface area contributed by atoms with Crippen molar-refractivity contribution in [2.45, 2.75) is 6.42 Å². The standard InChI is InChI=1S/C15H18N2O4/c18-7-9-21-8-3-6-16-13-10-14(15(19)20)17-12-5-2-1-4-11(12)13/h1-2,4-5,10,18H,3,6-9H2,(H,16,17)(H,19,20). The molecule has 1 aromatic heterocycles. The summed E-state index contributed by atoms with van der Waals surface area (Å²) in [5, 5.41) is 21.8. The lowest BCUT2D eigenvalue weighted by Crippen LogP contribution is -2.09. The highest BCUT2D eigenvalue weighted by Crippen LogP contribution is 2.23. The molecule has 0 bridgehead atoms. The second-order valence-corrected chi connectivity index (χ2v) is 4.49. The number of carboxylic acid groups (broad SMARTS) is 1. The highest BCUT2D eigenvalue weighted by Gasteiger charge is 2.10. The molecule has 0 saturated heterocycles. The first kappa shape index (κ1) is 15.2. The van der Waals surface area contributed by atoms with E-state index in [4.69, 9.17) is 14.9 Å². The van der Waals surface area contributed by atoms with Crippen molar-refractivity contribution in [2.75, 3.05) is 31.7 Å². The molecule has 2 aromatic rings. The Morgan fingerprint density at radius 1 is 1.29 bits per heavy atom. The van der Waals surface area contributed by atoms with Gasteiger partial charge in [0.15, 0.2) is 5.69 Å². The number of fused-ring (bicyclic) bond motifs is 1. The van der Waals surface area contributed by atoms with Gasteiger partial charge < -0.3 is 20.3 Å². The molecule has 0 atom stereocenters. The van der Waals surface area contributed by atoms with E-state index in [1.54, 1.807) is 12.1 Å². The molecular formula is C15H18N2O4. The zero-order chi connectivity index (χ0) is 15.1. The number of hydrogen-bond acceptors (Lipinski definition) is 5. The molecule has 0 amide bonds. The van der Waals surface area contributed by atoms with Gasteiger partial charge in [0.1, 0.15) is 0 Å². The Morgan fingerprint density at radius 2 is 2.10 bits per heavy atom. The number of hydrogen-bond donors (Lipinski definition) is 3. The van der Waals surface area contributed by atoms with E-state index in [0.29, 0.717) is 25.3 Å². The van der Waals surface area contributed by atoms with Gasteiger partial charge in [-0.25, -0.2) is 9.78 Å². The zero-order valence-electron chi connectivity index (χ0n) is 11.6. The van der Waals surface area contributed by atoms with E-state index in [1.807, 2.05) is 18.2 Å². The number of anilines is 1. The van der Waals surface area contributed by atoms with Crippen LogP contribution in [0, 0.1) is 0 Å². The number of nitrogens with one attached hydrogen (secondary N) is 1. The number of para-hydroxylation sites is 1. The number of ether oxygens (including phenoxy) is 1. The molecule has 6 heteroatoms. The summed E-state index contributed by atoms with van der Waals surface area (Å²) in [5.41, 5.74) is 1.42. The van der Waals surface area contributed by atoms with Crippen LogP contribution in [0.5, 0.6) is 0 Å². The third-order valence-corrected chi connectivity index (χ3v) is 2.95. The molecule has 0 unspecified atom stereocenters. The fourth-order valence-corrected chi connectivity index (χ4v) is 2.00. The number of aliphatic hydroxyl groups is 1. The van der Waals surface area contributed by atoms with Gasteiger partial charge in [-0.15, -0.1) is 0 Å². The second-order valence-electron chi connectivity index (χ2n) is 4.49. The molecule has 0 spiro atoms. The van der Waals surface area contributed by atoms with Crippen molar-refractivity contribution in [1.29, 1.82) is 0 Å². The van der Waals surface area contributed by atoms with E-state index >= 15 is 0 Å². The van der Waals surface area contributed by atoms with E-state index < -0.39 is 5.97 Å². The highest BCUT2D eigenvalue weighted by atomic mass is 16.5. The van der Waals surface area contributed by atoms with Gasteiger partial charge in [-0.2, -0.15) is 0 Å². The number of aliphatic hydroxyl groups excluding tert-OH is 1. The van der Waals surface area contributed by atoms with Crippen LogP contribution in [0.4, 0.5) is 5.69 Å². The molecule has 0 aliphatic rings. The van der Waals surface area contributed by atoms with Crippen molar-refractivity contribution in [1.82, 2.24) is 4.98 Å². The van der Waals surface area contributed by atoms with Gasteiger partial charge in [-0.3, -0.25) is 0 Å². The molecule has 1 heterocycles. The SMILES string of the molecule is O=C(O)c1cc(NCCCOCCO)c2ccccc2n1. The first-order valence-electron chi connectivity index (χ1n) is 6.78. The molecule has 6 nitrogen and oxygen atoms in total. The largest absolute Gasteiger partial charge is 0.477 e. The van der Waals surface area contributed by atoms with Crippen molar-refractivity contribution in [3.63, 3.8) is 0 Å². The van der Waals surface area contributed by atoms with Crippen LogP contribution in [-0.4, -0.2) is 47.5 Å². The quantitative estimate of drug-likeness (QED) is 0.641. The van der Waals surface area contributed by atoms with Crippen LogP contribution in [0.1, 0.15) is 16.9 Å². The predicted octanol–water partition coefficient (Wildman–Crippen LogP) is 1.74. The Balaban J connectivity index is 2.08. The molecule has 0 aliphatic carbocycles. The third-order valence-electron chi connectivity index (χ3n) is 2.95. The van der Waals surface area contributed by atoms with Crippen molar-refractivity contribution in [3.8, 4) is 0 Å². The van der Waals surface area contributed by atoms with Crippen molar-refractivity contribution >= 4 is 22.6 Å². The third kappa shape index (κ3) is 4.14. The van der Waals surface area contributed by atoms with Gasteiger partial charge in [0.05, 0.1) is 18.7 Å². The summed E-state index contributed by atoms with van der Waals surface area (Å²) in [7, 11) is 0. The molecule has 21 heavy (non-hydrogen) atoms. The molecule has 0 fully saturated rings. The Labute approximate surface area is 122 Å². The number of aromatic carboxylic acids is 1. The van der Waals surface area contributed by atoms with Crippen LogP contribution in [0.3, 0.4) is 0 Å². The number of benzene rings is 1. The first-order valence-corrected chi connectivity index (χ1v) is 6.78. The summed E-state index contributed by atoms with van der Waals surface area (Å²) < 4.78 is 5.17. The van der Waals surface area contributed by atoms with Crippen LogP contribution in [0.15, 0.2) is 30.3 Å². The number of pyridine rings is 1. The summed E-state index contributed by atoms with van der Waals surface area (Å²) in [6.45, 7) is 1.55. The Hall–Kier alpha value is -2.18. The van der Waals surface area contributed by atoms with Crippen LogP contribution >= 0.6 is 0 Å². The van der Waals surface area contributed by atoms with Gasteiger partial charge >= 0.3 is 5.97 Å². The maximum Gasteiger partial charge on any atom is 0.354 e. The zero-order valence-corrected chi connectivity index (χ0v) is 11.6. The normalized spacial score (nSPS) is 10.7. The van der Waals surface area contributed by atoms with Gasteiger partial charge in [0, 0.05) is 24.2 Å². The number of aromatic nitrogens is 1. The summed E-state index contributed by atoms with van der Waals surface area (Å²) in [5.74, 6) is -1.05. The lowest BCUT2D eigenvalue weighted by atomic mass is 10.1. The number of rotatable bonds is 8. The minimum Gasteiger partial charge on any atom is -0.477 e. The first-order chi connectivity index (χ1) is 10.2. The summed E-state index contributed by atoms with van der Waals surface area (Å²) in [6, 6.07) is 8.95. The van der Waals surface area contributed by atoms with Crippen LogP contribution in [-0.2, 0) is 4.74 Å². The summed E-state index contributed by atoms with van der Waals surface area (Å²) >= 11 is 0. The molecule has 0 saturated carbocycles. The van der Waals surface area contributed by atoms with E-state index in [9.17, 15) is 4.79 Å². The molecule has 1 aromatic carbocycles. The molecular weight excluding hydrogens is 272 g/mol. The second kappa shape index (κ2) is 7.56. The van der Waals surface area contributed by atoms with Crippen molar-refractivity contribution in [2.24, 2.45) is 0 Å². The van der Waals surface area contributed by atoms with Gasteiger partial charge in [-0.1, -0.05) is 18.2 Å². The average molecular weight is 290 g/mol. The Morgan fingerprint density at radius 3 is 2.86 bits per heavy atom. The fourth-order valence-electron chi connectivity index (χ4n) is 2.00. The highest BCUT2D eigenvalue weighted by molar-refractivity contribution is 5.97. The Bertz CT molecular complexity index is 616. The fraction of sp³-hybridized carbons (Fsp3) is 0.333. The van der Waals surface area contributed by atoms with Crippen LogP contribution < -0.4 is 5.32 Å². The predicted molar refractivity (Wildman–Crippen MR) is 79.7 cm³/mol. The average Bonchev–Trinajstić information content (AvgIpc) is 2.50. The van der Waals surface area contributed by atoms with Crippen molar-refractivity contribution < 1.29 is 19.7 Å². The van der Waals surface area contributed by atoms with E-state index in [-0.39, 0.29) is 12.3 Å². The van der Waals surface area contributed by atoms with Gasteiger partial charge in [-0.05, 0) is 18.6 Å². The van der Waals surface area contributed by atoms with Crippen LogP contribution in [0.25, 0.3) is 10.9 Å². The van der Waals surface area contributed by atoms with Crippen molar-refractivity contribution in [3.05, 3.63) is 36.0 Å². The maximum absolute atomic E-state index is 11.1. The lowest BCUT2D eigenvalue weighted by molar-refractivity contribution is 0.0691. The monoisotopic (exact) mass is 290 g/mol. The smallest absolute Gasteiger partial charge is 0.354 e. The van der Waals surface area contributed by atoms with E-state index in [0.717, 1.165) is 17.5 Å². The molecule has 112 valence electrons. The Kier molecular flexibility index (Phi) is 5.48. The number of carboxylic acids is 1. The molecule has 3 N–H and O–H groups in total. The topological polar surface area (TPSA) is 91.7 Å². The number of carbonyl (C=O) groups is 1. The summed E-state index contributed by atoms with van der Waals surface area (Å²) in [6.07, 6.45) is 0.763. The maximum atomic E-state index is 11.1. The molecule has 0 radical (unpaired) electrons. The van der Waals surface area contributed by atoms with Gasteiger partial charge in [0.2, 0.25) is 0 Å². The van der Waals surface area contributed by atoms with E-state index in [2.05, 4.69) is 10.3 Å². The minimum absolute atomic E-state index is 0.0182. The lowest BCUT2D eigenvalue weighted by Gasteiger charge is -2.10. The van der Waals surface area contributed by atoms with Gasteiger partial charge in [0.25, 0.3) is 0 Å². The van der Waals surface area contributed by atoms with Crippen LogP contribution in [0.2, 0.25) is 0 Å². The summed E-state index contributed by atoms with van der Waals surface area (Å²) in [4.78, 5) is 15.2. The van der Waals surface area contributed by atoms with E-state index in [1.165, 1.54) is 0 Å².